The Morgan fingerprint density at radius 1 is 1.13 bits per heavy atom. The van der Waals surface area contributed by atoms with Crippen LogP contribution in [-0.4, -0.2) is 28.5 Å². The summed E-state index contributed by atoms with van der Waals surface area (Å²) in [4.78, 5) is 11.9. The number of sulfonamides is 1. The minimum atomic E-state index is -3.76. The van der Waals surface area contributed by atoms with E-state index in [4.69, 9.17) is 16.3 Å². The minimum Gasteiger partial charge on any atom is -0.465 e. The van der Waals surface area contributed by atoms with Crippen molar-refractivity contribution >= 4 is 33.3 Å². The Morgan fingerprint density at radius 2 is 1.74 bits per heavy atom. The van der Waals surface area contributed by atoms with Crippen LogP contribution in [0.25, 0.3) is 0 Å². The SMILES string of the molecule is COC(=O)c1cccc(N(C)S(=O)(=O)c2ccc(Cl)cc2)c1C. The topological polar surface area (TPSA) is 63.7 Å². The summed E-state index contributed by atoms with van der Waals surface area (Å²) in [5, 5.41) is 0.454. The van der Waals surface area contributed by atoms with E-state index in [-0.39, 0.29) is 4.90 Å². The first kappa shape index (κ1) is 17.3. The van der Waals surface area contributed by atoms with Gasteiger partial charge in [-0.1, -0.05) is 17.7 Å². The zero-order valence-corrected chi connectivity index (χ0v) is 14.5. The van der Waals surface area contributed by atoms with Crippen molar-refractivity contribution in [2.45, 2.75) is 11.8 Å². The highest BCUT2D eigenvalue weighted by Gasteiger charge is 2.24. The molecule has 0 saturated heterocycles. The van der Waals surface area contributed by atoms with Crippen LogP contribution in [-0.2, 0) is 14.8 Å². The molecule has 0 aliphatic carbocycles. The molecule has 0 unspecified atom stereocenters. The fraction of sp³-hybridized carbons (Fsp3) is 0.188. The lowest BCUT2D eigenvalue weighted by atomic mass is 10.1. The third kappa shape index (κ3) is 3.33. The summed E-state index contributed by atoms with van der Waals surface area (Å²) in [5.74, 6) is -0.512. The molecule has 2 aromatic rings. The Kier molecular flexibility index (Phi) is 4.97. The minimum absolute atomic E-state index is 0.118. The molecule has 23 heavy (non-hydrogen) atoms. The number of hydrogen-bond donors (Lipinski definition) is 0. The third-order valence-corrected chi connectivity index (χ3v) is 5.56. The van der Waals surface area contributed by atoms with Gasteiger partial charge in [0.25, 0.3) is 10.0 Å². The molecule has 0 aliphatic rings. The fourth-order valence-electron chi connectivity index (χ4n) is 2.19. The fourth-order valence-corrected chi connectivity index (χ4v) is 3.57. The smallest absolute Gasteiger partial charge is 0.338 e. The molecule has 0 N–H and O–H groups in total. The molecule has 122 valence electrons. The molecule has 0 saturated carbocycles. The Hall–Kier alpha value is -2.05. The van der Waals surface area contributed by atoms with Crippen molar-refractivity contribution in [3.8, 4) is 0 Å². The van der Waals surface area contributed by atoms with Crippen LogP contribution in [0.1, 0.15) is 15.9 Å². The Labute approximate surface area is 140 Å². The lowest BCUT2D eigenvalue weighted by molar-refractivity contribution is 0.0600. The molecule has 0 aromatic heterocycles. The molecule has 0 heterocycles. The first-order valence-corrected chi connectivity index (χ1v) is 8.53. The highest BCUT2D eigenvalue weighted by Crippen LogP contribution is 2.28. The molecule has 2 aromatic carbocycles. The van der Waals surface area contributed by atoms with Gasteiger partial charge in [0.1, 0.15) is 0 Å². The predicted octanol–water partition coefficient (Wildman–Crippen LogP) is 3.26. The van der Waals surface area contributed by atoms with Crippen molar-refractivity contribution in [2.75, 3.05) is 18.5 Å². The molecule has 2 rings (SSSR count). The summed E-state index contributed by atoms with van der Waals surface area (Å²) in [6.07, 6.45) is 0. The lowest BCUT2D eigenvalue weighted by Gasteiger charge is -2.22. The maximum atomic E-state index is 12.7. The number of rotatable bonds is 4. The number of benzene rings is 2. The van der Waals surface area contributed by atoms with Crippen LogP contribution in [0, 0.1) is 6.92 Å². The highest BCUT2D eigenvalue weighted by molar-refractivity contribution is 7.92. The van der Waals surface area contributed by atoms with Crippen LogP contribution in [0.15, 0.2) is 47.4 Å². The summed E-state index contributed by atoms with van der Waals surface area (Å²) in [6.45, 7) is 1.68. The molecule has 0 fully saturated rings. The van der Waals surface area contributed by atoms with Gasteiger partial charge in [-0.05, 0) is 48.9 Å². The van der Waals surface area contributed by atoms with Gasteiger partial charge in [0.2, 0.25) is 0 Å². The molecule has 0 atom stereocenters. The summed E-state index contributed by atoms with van der Waals surface area (Å²) in [7, 11) is -1.04. The van der Waals surface area contributed by atoms with Crippen molar-refractivity contribution in [1.29, 1.82) is 0 Å². The average Bonchev–Trinajstić information content (AvgIpc) is 2.54. The molecule has 0 bridgehead atoms. The number of anilines is 1. The van der Waals surface area contributed by atoms with Gasteiger partial charge >= 0.3 is 5.97 Å². The van der Waals surface area contributed by atoms with Crippen LogP contribution in [0.3, 0.4) is 0 Å². The Morgan fingerprint density at radius 3 is 2.30 bits per heavy atom. The largest absolute Gasteiger partial charge is 0.465 e. The normalized spacial score (nSPS) is 11.1. The molecule has 0 radical (unpaired) electrons. The number of carbonyl (C=O) groups excluding carboxylic acids is 1. The van der Waals surface area contributed by atoms with E-state index >= 15 is 0 Å². The Balaban J connectivity index is 2.50. The molecular weight excluding hydrogens is 338 g/mol. The second kappa shape index (κ2) is 6.60. The van der Waals surface area contributed by atoms with Gasteiger partial charge in [0.05, 0.1) is 23.3 Å². The number of methoxy groups -OCH3 is 1. The number of ether oxygens (including phenoxy) is 1. The number of carbonyl (C=O) groups is 1. The second-order valence-corrected chi connectivity index (χ2v) is 7.27. The van der Waals surface area contributed by atoms with Crippen molar-refractivity contribution in [3.63, 3.8) is 0 Å². The lowest BCUT2D eigenvalue weighted by Crippen LogP contribution is -2.27. The van der Waals surface area contributed by atoms with E-state index in [1.807, 2.05) is 0 Å². The summed E-state index contributed by atoms with van der Waals surface area (Å²) < 4.78 is 31.3. The number of nitrogens with zero attached hydrogens (tertiary/aromatic N) is 1. The van der Waals surface area contributed by atoms with Gasteiger partial charge in [-0.2, -0.15) is 0 Å². The van der Waals surface area contributed by atoms with Crippen LogP contribution >= 0.6 is 11.6 Å². The number of esters is 1. The number of halogens is 1. The first-order valence-electron chi connectivity index (χ1n) is 6.71. The molecular formula is C16H16ClNO4S. The quantitative estimate of drug-likeness (QED) is 0.791. The molecule has 0 spiro atoms. The van der Waals surface area contributed by atoms with Gasteiger partial charge in [-0.25, -0.2) is 13.2 Å². The van der Waals surface area contributed by atoms with Crippen molar-refractivity contribution in [3.05, 3.63) is 58.6 Å². The second-order valence-electron chi connectivity index (χ2n) is 4.87. The first-order chi connectivity index (χ1) is 10.8. The molecule has 0 amide bonds. The van der Waals surface area contributed by atoms with Crippen molar-refractivity contribution in [1.82, 2.24) is 0 Å². The van der Waals surface area contributed by atoms with Gasteiger partial charge < -0.3 is 4.74 Å². The third-order valence-electron chi connectivity index (χ3n) is 3.52. The van der Waals surface area contributed by atoms with Crippen LogP contribution in [0.2, 0.25) is 5.02 Å². The maximum absolute atomic E-state index is 12.7. The van der Waals surface area contributed by atoms with Gasteiger partial charge in [-0.3, -0.25) is 4.31 Å². The maximum Gasteiger partial charge on any atom is 0.338 e. The summed E-state index contributed by atoms with van der Waals surface area (Å²) in [6, 6.07) is 10.7. The summed E-state index contributed by atoms with van der Waals surface area (Å²) >= 11 is 5.80. The van der Waals surface area contributed by atoms with E-state index in [0.717, 1.165) is 4.31 Å². The monoisotopic (exact) mass is 353 g/mol. The van der Waals surface area contributed by atoms with Crippen molar-refractivity contribution < 1.29 is 17.9 Å². The highest BCUT2D eigenvalue weighted by atomic mass is 35.5. The predicted molar refractivity (Wildman–Crippen MR) is 89.6 cm³/mol. The van der Waals surface area contributed by atoms with Crippen LogP contribution in [0.4, 0.5) is 5.69 Å². The number of hydrogen-bond acceptors (Lipinski definition) is 4. The van der Waals surface area contributed by atoms with E-state index in [2.05, 4.69) is 0 Å². The van der Waals surface area contributed by atoms with Gasteiger partial charge in [0.15, 0.2) is 0 Å². The summed E-state index contributed by atoms with van der Waals surface area (Å²) in [5.41, 5.74) is 1.25. The van der Waals surface area contributed by atoms with E-state index in [1.54, 1.807) is 25.1 Å². The van der Waals surface area contributed by atoms with Crippen LogP contribution in [0.5, 0.6) is 0 Å². The zero-order valence-electron chi connectivity index (χ0n) is 12.9. The molecule has 7 heteroatoms. The average molecular weight is 354 g/mol. The Bertz CT molecular complexity index is 832. The van der Waals surface area contributed by atoms with Gasteiger partial charge in [0, 0.05) is 12.1 Å². The van der Waals surface area contributed by atoms with E-state index in [0.29, 0.717) is 21.8 Å². The molecule has 5 nitrogen and oxygen atoms in total. The van der Waals surface area contributed by atoms with E-state index < -0.39 is 16.0 Å². The molecule has 0 aliphatic heterocycles. The van der Waals surface area contributed by atoms with E-state index in [1.165, 1.54) is 38.4 Å². The van der Waals surface area contributed by atoms with Crippen LogP contribution < -0.4 is 4.31 Å². The van der Waals surface area contributed by atoms with E-state index in [9.17, 15) is 13.2 Å². The zero-order chi connectivity index (χ0) is 17.2. The van der Waals surface area contributed by atoms with Crippen molar-refractivity contribution in [2.24, 2.45) is 0 Å². The van der Waals surface area contributed by atoms with Gasteiger partial charge in [-0.15, -0.1) is 0 Å². The standard InChI is InChI=1S/C16H16ClNO4S/c1-11-14(16(19)22-3)5-4-6-15(11)18(2)23(20,21)13-9-7-12(17)8-10-13/h4-10H,1-3H3.